The van der Waals surface area contributed by atoms with Crippen LogP contribution in [0.1, 0.15) is 12.0 Å². The first-order valence-corrected chi connectivity index (χ1v) is 6.41. The predicted molar refractivity (Wildman–Crippen MR) is 72.8 cm³/mol. The number of hydrogen-bond acceptors (Lipinski definition) is 3. The highest BCUT2D eigenvalue weighted by Crippen LogP contribution is 2.25. The molecule has 0 saturated carbocycles. The van der Waals surface area contributed by atoms with Crippen LogP contribution in [0, 0.1) is 11.6 Å². The van der Waals surface area contributed by atoms with Gasteiger partial charge in [-0.25, -0.2) is 18.7 Å². The van der Waals surface area contributed by atoms with E-state index in [4.69, 9.17) is 0 Å². The Morgan fingerprint density at radius 1 is 1.10 bits per heavy atom. The van der Waals surface area contributed by atoms with Gasteiger partial charge in [-0.3, -0.25) is 0 Å². The second-order valence-corrected chi connectivity index (χ2v) is 4.60. The molecule has 0 fully saturated rings. The van der Waals surface area contributed by atoms with Crippen molar-refractivity contribution in [2.45, 2.75) is 6.42 Å². The fourth-order valence-corrected chi connectivity index (χ4v) is 2.23. The lowest BCUT2D eigenvalue weighted by Gasteiger charge is -2.14. The number of hydrogen-bond donors (Lipinski definition) is 1. The van der Waals surface area contributed by atoms with E-state index in [1.807, 2.05) is 6.07 Å². The summed E-state index contributed by atoms with van der Waals surface area (Å²) in [7, 11) is 0. The van der Waals surface area contributed by atoms with Crippen LogP contribution in [0.3, 0.4) is 0 Å². The summed E-state index contributed by atoms with van der Waals surface area (Å²) in [6.07, 6.45) is 5.01. The minimum atomic E-state index is -0.536. The minimum absolute atomic E-state index is 0.190. The van der Waals surface area contributed by atoms with Gasteiger partial charge in [-0.15, -0.1) is 0 Å². The van der Waals surface area contributed by atoms with Crippen molar-refractivity contribution >= 4 is 5.57 Å². The number of nitrogens with zero attached hydrogens (tertiary/aromatic N) is 2. The molecule has 0 bridgehead atoms. The van der Waals surface area contributed by atoms with Crippen molar-refractivity contribution in [3.63, 3.8) is 0 Å². The molecular weight excluding hydrogens is 260 g/mol. The first-order valence-electron chi connectivity index (χ1n) is 6.41. The van der Waals surface area contributed by atoms with E-state index in [0.717, 1.165) is 43.0 Å². The third kappa shape index (κ3) is 2.58. The summed E-state index contributed by atoms with van der Waals surface area (Å²) in [5.74, 6) is -0.742. The van der Waals surface area contributed by atoms with Crippen molar-refractivity contribution in [1.29, 1.82) is 0 Å². The second kappa shape index (κ2) is 5.46. The molecule has 2 aromatic rings. The molecule has 1 aliphatic heterocycles. The highest BCUT2D eigenvalue weighted by Gasteiger charge is 2.12. The first-order chi connectivity index (χ1) is 9.74. The summed E-state index contributed by atoms with van der Waals surface area (Å²) in [6.45, 7) is 1.70. The Balaban J connectivity index is 1.95. The van der Waals surface area contributed by atoms with Crippen molar-refractivity contribution in [2.24, 2.45) is 0 Å². The van der Waals surface area contributed by atoms with Crippen LogP contribution < -0.4 is 5.32 Å². The van der Waals surface area contributed by atoms with Crippen molar-refractivity contribution in [3.8, 4) is 11.4 Å². The van der Waals surface area contributed by atoms with Gasteiger partial charge in [0.25, 0.3) is 0 Å². The molecule has 0 unspecified atom stereocenters. The van der Waals surface area contributed by atoms with Crippen LogP contribution in [-0.4, -0.2) is 23.1 Å². The quantitative estimate of drug-likeness (QED) is 0.914. The average Bonchev–Trinajstić information content (AvgIpc) is 2.49. The van der Waals surface area contributed by atoms with E-state index in [9.17, 15) is 8.78 Å². The normalized spacial score (nSPS) is 15.0. The molecular formula is C15H13F2N3. The second-order valence-electron chi connectivity index (χ2n) is 4.60. The Bertz CT molecular complexity index is 651. The van der Waals surface area contributed by atoms with Gasteiger partial charge in [0.2, 0.25) is 0 Å². The average molecular weight is 273 g/mol. The summed E-state index contributed by atoms with van der Waals surface area (Å²) in [5, 5.41) is 3.22. The lowest BCUT2D eigenvalue weighted by Crippen LogP contribution is -2.20. The molecule has 3 nitrogen and oxygen atoms in total. The molecule has 0 saturated heterocycles. The molecule has 1 aliphatic rings. The van der Waals surface area contributed by atoms with Gasteiger partial charge in [0, 0.05) is 6.54 Å². The van der Waals surface area contributed by atoms with Crippen molar-refractivity contribution in [2.75, 3.05) is 13.1 Å². The molecule has 0 radical (unpaired) electrons. The zero-order valence-corrected chi connectivity index (χ0v) is 10.7. The maximum atomic E-state index is 14.2. The van der Waals surface area contributed by atoms with Crippen LogP contribution in [-0.2, 0) is 0 Å². The number of nitrogens with one attached hydrogen (secondary N) is 1. The van der Waals surface area contributed by atoms with E-state index in [1.165, 1.54) is 6.07 Å². The molecule has 5 heteroatoms. The van der Waals surface area contributed by atoms with Crippen LogP contribution in [0.15, 0.2) is 36.7 Å². The van der Waals surface area contributed by atoms with Gasteiger partial charge in [-0.1, -0.05) is 12.1 Å². The molecule has 1 N–H and O–H groups in total. The maximum absolute atomic E-state index is 14.2. The number of rotatable bonds is 2. The fraction of sp³-hybridized carbons (Fsp3) is 0.200. The zero-order chi connectivity index (χ0) is 13.9. The van der Waals surface area contributed by atoms with Gasteiger partial charge >= 0.3 is 0 Å². The van der Waals surface area contributed by atoms with Crippen LogP contribution in [0.2, 0.25) is 0 Å². The van der Waals surface area contributed by atoms with E-state index in [0.29, 0.717) is 0 Å². The van der Waals surface area contributed by atoms with Gasteiger partial charge in [0.15, 0.2) is 11.6 Å². The molecule has 0 aliphatic carbocycles. The molecule has 1 aromatic heterocycles. The molecule has 0 spiro atoms. The smallest absolute Gasteiger partial charge is 0.162 e. The van der Waals surface area contributed by atoms with E-state index >= 15 is 0 Å². The highest BCUT2D eigenvalue weighted by atomic mass is 19.1. The highest BCUT2D eigenvalue weighted by molar-refractivity contribution is 5.69. The zero-order valence-electron chi connectivity index (χ0n) is 10.7. The summed E-state index contributed by atoms with van der Waals surface area (Å²) in [5.41, 5.74) is 2.28. The molecule has 3 rings (SSSR count). The maximum Gasteiger partial charge on any atom is 0.162 e. The van der Waals surface area contributed by atoms with Gasteiger partial charge in [0.1, 0.15) is 5.82 Å². The minimum Gasteiger partial charge on any atom is -0.313 e. The third-order valence-electron chi connectivity index (χ3n) is 3.27. The SMILES string of the molecule is Fc1cnc(-c2ccc(C3=CCNCC3)cc2F)nc1. The fourth-order valence-electron chi connectivity index (χ4n) is 2.23. The van der Waals surface area contributed by atoms with Crippen LogP contribution >= 0.6 is 0 Å². The van der Waals surface area contributed by atoms with E-state index in [1.54, 1.807) is 6.07 Å². The van der Waals surface area contributed by atoms with Crippen LogP contribution in [0.4, 0.5) is 8.78 Å². The number of halogens is 2. The number of aromatic nitrogens is 2. The molecule has 0 atom stereocenters. The Hall–Kier alpha value is -2.14. The molecule has 20 heavy (non-hydrogen) atoms. The van der Waals surface area contributed by atoms with Crippen molar-refractivity contribution in [3.05, 3.63) is 53.9 Å². The largest absolute Gasteiger partial charge is 0.313 e. The topological polar surface area (TPSA) is 37.8 Å². The van der Waals surface area contributed by atoms with E-state index in [-0.39, 0.29) is 11.4 Å². The Kier molecular flexibility index (Phi) is 3.52. The van der Waals surface area contributed by atoms with Crippen LogP contribution in [0.5, 0.6) is 0 Å². The third-order valence-corrected chi connectivity index (χ3v) is 3.27. The summed E-state index contributed by atoms with van der Waals surface area (Å²) in [4.78, 5) is 7.60. The summed E-state index contributed by atoms with van der Waals surface area (Å²) >= 11 is 0. The van der Waals surface area contributed by atoms with Crippen LogP contribution in [0.25, 0.3) is 17.0 Å². The Morgan fingerprint density at radius 3 is 2.55 bits per heavy atom. The molecule has 1 aromatic carbocycles. The van der Waals surface area contributed by atoms with Crippen molar-refractivity contribution < 1.29 is 8.78 Å². The van der Waals surface area contributed by atoms with Crippen molar-refractivity contribution in [1.82, 2.24) is 15.3 Å². The van der Waals surface area contributed by atoms with Gasteiger partial charge in [0.05, 0.1) is 18.0 Å². The predicted octanol–water partition coefficient (Wildman–Crippen LogP) is 2.80. The van der Waals surface area contributed by atoms with Gasteiger partial charge in [-0.05, 0) is 36.2 Å². The van der Waals surface area contributed by atoms with Gasteiger partial charge in [-0.2, -0.15) is 0 Å². The summed E-state index contributed by atoms with van der Waals surface area (Å²) < 4.78 is 27.0. The van der Waals surface area contributed by atoms with Gasteiger partial charge < -0.3 is 5.32 Å². The summed E-state index contributed by atoms with van der Waals surface area (Å²) in [6, 6.07) is 4.97. The lowest BCUT2D eigenvalue weighted by atomic mass is 9.98. The molecule has 2 heterocycles. The standard InChI is InChI=1S/C15H13F2N3/c16-12-8-19-15(20-9-12)13-2-1-11(7-14(13)17)10-3-5-18-6-4-10/h1-3,7-9,18H,4-6H2. The Morgan fingerprint density at radius 2 is 1.90 bits per heavy atom. The number of benzene rings is 1. The molecule has 0 amide bonds. The van der Waals surface area contributed by atoms with E-state index < -0.39 is 11.6 Å². The monoisotopic (exact) mass is 273 g/mol. The first kappa shape index (κ1) is 12.9. The van der Waals surface area contributed by atoms with E-state index in [2.05, 4.69) is 21.4 Å². The molecule has 102 valence electrons. The lowest BCUT2D eigenvalue weighted by molar-refractivity contribution is 0.611. The Labute approximate surface area is 115 Å².